The second-order valence-corrected chi connectivity index (χ2v) is 7.91. The maximum absolute atomic E-state index is 12.7. The molecule has 7 nitrogen and oxygen atoms in total. The molecule has 0 aromatic heterocycles. The SMILES string of the molecule is CCC[NH+](CC(=O)Nc1ccccc1C)CC(=O)N[C@H](C)c1ccc2c(c1)OCCO2. The molecular weight excluding hydrogens is 394 g/mol. The summed E-state index contributed by atoms with van der Waals surface area (Å²) in [6.45, 7) is 8.25. The first-order chi connectivity index (χ1) is 15.0. The van der Waals surface area contributed by atoms with Crippen LogP contribution >= 0.6 is 0 Å². The number of hydrogen-bond acceptors (Lipinski definition) is 4. The van der Waals surface area contributed by atoms with Gasteiger partial charge in [0.1, 0.15) is 13.2 Å². The third-order valence-electron chi connectivity index (χ3n) is 5.29. The number of nitrogens with one attached hydrogen (secondary N) is 3. The van der Waals surface area contributed by atoms with E-state index in [9.17, 15) is 9.59 Å². The lowest BCUT2D eigenvalue weighted by atomic mass is 10.1. The van der Waals surface area contributed by atoms with Gasteiger partial charge in [-0.15, -0.1) is 0 Å². The molecule has 0 saturated heterocycles. The number of carbonyl (C=O) groups is 2. The minimum absolute atomic E-state index is 0.0884. The van der Waals surface area contributed by atoms with E-state index in [2.05, 4.69) is 17.6 Å². The molecule has 1 aliphatic heterocycles. The van der Waals surface area contributed by atoms with Crippen LogP contribution in [0.15, 0.2) is 42.5 Å². The highest BCUT2D eigenvalue weighted by atomic mass is 16.6. The van der Waals surface area contributed by atoms with Crippen molar-refractivity contribution >= 4 is 17.5 Å². The van der Waals surface area contributed by atoms with Gasteiger partial charge in [-0.2, -0.15) is 0 Å². The van der Waals surface area contributed by atoms with Crippen LogP contribution in [0.1, 0.15) is 37.4 Å². The molecule has 0 fully saturated rings. The Morgan fingerprint density at radius 3 is 2.48 bits per heavy atom. The second kappa shape index (κ2) is 10.8. The second-order valence-electron chi connectivity index (χ2n) is 7.91. The van der Waals surface area contributed by atoms with Gasteiger partial charge < -0.3 is 25.0 Å². The van der Waals surface area contributed by atoms with Gasteiger partial charge in [0.05, 0.1) is 12.6 Å². The third kappa shape index (κ3) is 6.46. The Labute approximate surface area is 183 Å². The summed E-state index contributed by atoms with van der Waals surface area (Å²) in [6, 6.07) is 13.2. The number of carbonyl (C=O) groups excluding carboxylic acids is 2. The number of para-hydroxylation sites is 1. The van der Waals surface area contributed by atoms with Crippen LogP contribution in [0.5, 0.6) is 11.5 Å². The van der Waals surface area contributed by atoms with E-state index in [0.717, 1.165) is 40.4 Å². The quantitative estimate of drug-likeness (QED) is 0.572. The zero-order valence-electron chi connectivity index (χ0n) is 18.5. The molecular formula is C24H32N3O4+. The number of hydrogen-bond donors (Lipinski definition) is 3. The van der Waals surface area contributed by atoms with Crippen molar-refractivity contribution < 1.29 is 24.0 Å². The monoisotopic (exact) mass is 426 g/mol. The molecule has 7 heteroatoms. The normalized spacial score (nSPS) is 14.4. The largest absolute Gasteiger partial charge is 0.486 e. The van der Waals surface area contributed by atoms with Gasteiger partial charge in [-0.05, 0) is 49.6 Å². The first kappa shape index (κ1) is 22.6. The van der Waals surface area contributed by atoms with Crippen LogP contribution in [-0.2, 0) is 9.59 Å². The summed E-state index contributed by atoms with van der Waals surface area (Å²) in [5, 5.41) is 5.99. The van der Waals surface area contributed by atoms with Crippen LogP contribution in [0.3, 0.4) is 0 Å². The van der Waals surface area contributed by atoms with Crippen molar-refractivity contribution in [1.29, 1.82) is 0 Å². The molecule has 2 atom stereocenters. The van der Waals surface area contributed by atoms with Crippen molar-refractivity contribution in [2.45, 2.75) is 33.2 Å². The van der Waals surface area contributed by atoms with E-state index < -0.39 is 0 Å². The summed E-state index contributed by atoms with van der Waals surface area (Å²) < 4.78 is 11.2. The lowest BCUT2D eigenvalue weighted by Gasteiger charge is -2.22. The fourth-order valence-electron chi connectivity index (χ4n) is 3.66. The van der Waals surface area contributed by atoms with E-state index in [4.69, 9.17) is 9.47 Å². The minimum atomic E-state index is -0.174. The molecule has 0 bridgehead atoms. The van der Waals surface area contributed by atoms with Crippen molar-refractivity contribution in [2.75, 3.05) is 38.2 Å². The minimum Gasteiger partial charge on any atom is -0.486 e. The lowest BCUT2D eigenvalue weighted by Crippen LogP contribution is -3.14. The lowest BCUT2D eigenvalue weighted by molar-refractivity contribution is -0.883. The van der Waals surface area contributed by atoms with Gasteiger partial charge >= 0.3 is 0 Å². The molecule has 2 aromatic carbocycles. The maximum Gasteiger partial charge on any atom is 0.279 e. The Balaban J connectivity index is 1.54. The summed E-state index contributed by atoms with van der Waals surface area (Å²) >= 11 is 0. The Kier molecular flexibility index (Phi) is 7.89. The highest BCUT2D eigenvalue weighted by Crippen LogP contribution is 2.32. The molecule has 0 aliphatic carbocycles. The molecule has 1 unspecified atom stereocenters. The van der Waals surface area contributed by atoms with Gasteiger partial charge in [0.2, 0.25) is 0 Å². The summed E-state index contributed by atoms with van der Waals surface area (Å²) in [5.41, 5.74) is 2.77. The molecule has 2 amide bonds. The number of benzene rings is 2. The standard InChI is InChI=1S/C24H31N3O4/c1-4-11-27(16-24(29)26-20-8-6-5-7-17(20)2)15-23(28)25-18(3)19-9-10-21-22(14-19)31-13-12-30-21/h5-10,14,18H,4,11-13,15-16H2,1-3H3,(H,25,28)(H,26,29)/p+1/t18-/m1/s1. The van der Waals surface area contributed by atoms with Gasteiger partial charge in [-0.1, -0.05) is 31.2 Å². The van der Waals surface area contributed by atoms with E-state index >= 15 is 0 Å². The highest BCUT2D eigenvalue weighted by molar-refractivity contribution is 5.92. The highest BCUT2D eigenvalue weighted by Gasteiger charge is 2.21. The van der Waals surface area contributed by atoms with Crippen molar-refractivity contribution in [2.24, 2.45) is 0 Å². The smallest absolute Gasteiger partial charge is 0.279 e. The fraction of sp³-hybridized carbons (Fsp3) is 0.417. The van der Waals surface area contributed by atoms with Crippen LogP contribution in [0.2, 0.25) is 0 Å². The molecule has 3 N–H and O–H groups in total. The van der Waals surface area contributed by atoms with Gasteiger partial charge in [-0.3, -0.25) is 9.59 Å². The van der Waals surface area contributed by atoms with E-state index in [1.165, 1.54) is 0 Å². The van der Waals surface area contributed by atoms with Crippen LogP contribution in [0, 0.1) is 6.92 Å². The summed E-state index contributed by atoms with van der Waals surface area (Å²) in [6.07, 6.45) is 0.887. The van der Waals surface area contributed by atoms with E-state index in [1.807, 2.05) is 56.3 Å². The maximum atomic E-state index is 12.7. The van der Waals surface area contributed by atoms with E-state index in [1.54, 1.807) is 0 Å². The number of quaternary nitrogens is 1. The number of aryl methyl sites for hydroxylation is 1. The first-order valence-electron chi connectivity index (χ1n) is 10.8. The number of amides is 2. The summed E-state index contributed by atoms with van der Waals surface area (Å²) in [4.78, 5) is 26.1. The molecule has 0 spiro atoms. The molecule has 3 rings (SSSR count). The van der Waals surface area contributed by atoms with Crippen molar-refractivity contribution in [3.8, 4) is 11.5 Å². The number of fused-ring (bicyclic) bond motifs is 1. The van der Waals surface area contributed by atoms with Crippen LogP contribution in [0.4, 0.5) is 5.69 Å². The molecule has 1 heterocycles. The third-order valence-corrected chi connectivity index (χ3v) is 5.29. The zero-order valence-corrected chi connectivity index (χ0v) is 18.5. The molecule has 2 aromatic rings. The van der Waals surface area contributed by atoms with Crippen molar-refractivity contribution in [1.82, 2.24) is 5.32 Å². The Morgan fingerprint density at radius 1 is 1.03 bits per heavy atom. The molecule has 0 saturated carbocycles. The predicted molar refractivity (Wildman–Crippen MR) is 120 cm³/mol. The summed E-state index contributed by atoms with van der Waals surface area (Å²) in [7, 11) is 0. The zero-order chi connectivity index (χ0) is 22.2. The van der Waals surface area contributed by atoms with Crippen LogP contribution < -0.4 is 25.0 Å². The van der Waals surface area contributed by atoms with E-state index in [-0.39, 0.29) is 30.9 Å². The Morgan fingerprint density at radius 2 is 1.74 bits per heavy atom. The molecule has 0 radical (unpaired) electrons. The van der Waals surface area contributed by atoms with Crippen molar-refractivity contribution in [3.63, 3.8) is 0 Å². The van der Waals surface area contributed by atoms with Gasteiger partial charge in [0.25, 0.3) is 11.8 Å². The van der Waals surface area contributed by atoms with Gasteiger partial charge in [-0.25, -0.2) is 0 Å². The first-order valence-corrected chi connectivity index (χ1v) is 10.8. The van der Waals surface area contributed by atoms with Crippen LogP contribution in [-0.4, -0.2) is 44.7 Å². The Bertz CT molecular complexity index is 915. The number of anilines is 1. The number of ether oxygens (including phenoxy) is 2. The molecule has 1 aliphatic rings. The average Bonchev–Trinajstić information content (AvgIpc) is 2.75. The average molecular weight is 427 g/mol. The van der Waals surface area contributed by atoms with Crippen LogP contribution in [0.25, 0.3) is 0 Å². The van der Waals surface area contributed by atoms with E-state index in [0.29, 0.717) is 19.0 Å². The molecule has 31 heavy (non-hydrogen) atoms. The van der Waals surface area contributed by atoms with Crippen molar-refractivity contribution in [3.05, 3.63) is 53.6 Å². The Hall–Kier alpha value is -3.06. The molecule has 166 valence electrons. The van der Waals surface area contributed by atoms with Gasteiger partial charge in [0.15, 0.2) is 24.6 Å². The van der Waals surface area contributed by atoms with Gasteiger partial charge in [0, 0.05) is 5.69 Å². The number of rotatable bonds is 9. The summed E-state index contributed by atoms with van der Waals surface area (Å²) in [5.74, 6) is 1.25. The predicted octanol–water partition coefficient (Wildman–Crippen LogP) is 1.88. The topological polar surface area (TPSA) is 81.1 Å². The fourth-order valence-corrected chi connectivity index (χ4v) is 3.66.